The van der Waals surface area contributed by atoms with E-state index in [0.717, 1.165) is 6.42 Å². The van der Waals surface area contributed by atoms with Gasteiger partial charge in [0.25, 0.3) is 0 Å². The van der Waals surface area contributed by atoms with E-state index in [2.05, 4.69) is 19.8 Å². The predicted molar refractivity (Wildman–Crippen MR) is 64.0 cm³/mol. The summed E-state index contributed by atoms with van der Waals surface area (Å²) in [7, 11) is 0. The molecule has 0 aromatic carbocycles. The first-order valence-corrected chi connectivity index (χ1v) is 5.60. The predicted octanol–water partition coefficient (Wildman–Crippen LogP) is 2.66. The molecule has 1 atom stereocenters. The molecule has 0 spiro atoms. The van der Waals surface area contributed by atoms with Crippen molar-refractivity contribution >= 4 is 6.09 Å². The first-order chi connectivity index (χ1) is 7.14. The maximum absolute atomic E-state index is 11.9. The number of rotatable bonds is 0. The smallest absolute Gasteiger partial charge is 0.411 e. The van der Waals surface area contributed by atoms with Crippen LogP contribution in [0, 0.1) is 17.8 Å². The fourth-order valence-corrected chi connectivity index (χ4v) is 1.93. The Labute approximate surface area is 98.1 Å². The van der Waals surface area contributed by atoms with Gasteiger partial charge < -0.3 is 4.74 Å². The molecule has 1 amide bonds. The summed E-state index contributed by atoms with van der Waals surface area (Å²) in [4.78, 5) is 13.6. The molecule has 90 valence electrons. The fraction of sp³-hybridized carbons (Fsp3) is 0.769. The molecule has 16 heavy (non-hydrogen) atoms. The second-order valence-corrected chi connectivity index (χ2v) is 6.16. The lowest BCUT2D eigenvalue weighted by molar-refractivity contribution is 0.0246. The van der Waals surface area contributed by atoms with Gasteiger partial charge in [-0.25, -0.2) is 4.79 Å². The van der Waals surface area contributed by atoms with Gasteiger partial charge in [0.15, 0.2) is 0 Å². The zero-order valence-electron chi connectivity index (χ0n) is 10.8. The molecular formula is C13H21NO2. The zero-order chi connectivity index (χ0) is 12.6. The molecular weight excluding hydrogens is 202 g/mol. The molecule has 3 nitrogen and oxygen atoms in total. The number of carbonyl (C=O) groups excluding carboxylic acids is 1. The van der Waals surface area contributed by atoms with Gasteiger partial charge in [-0.2, -0.15) is 0 Å². The van der Waals surface area contributed by atoms with E-state index in [0.29, 0.717) is 6.54 Å². The van der Waals surface area contributed by atoms with Crippen molar-refractivity contribution in [1.29, 1.82) is 0 Å². The van der Waals surface area contributed by atoms with E-state index in [9.17, 15) is 4.79 Å². The Morgan fingerprint density at radius 3 is 2.50 bits per heavy atom. The second kappa shape index (κ2) is 4.01. The van der Waals surface area contributed by atoms with Gasteiger partial charge in [0.05, 0.1) is 6.04 Å². The normalized spacial score (nSPS) is 24.0. The highest BCUT2D eigenvalue weighted by atomic mass is 16.6. The summed E-state index contributed by atoms with van der Waals surface area (Å²) < 4.78 is 5.34. The first-order valence-electron chi connectivity index (χ1n) is 5.60. The van der Waals surface area contributed by atoms with Gasteiger partial charge in [0, 0.05) is 6.54 Å². The first kappa shape index (κ1) is 12.9. The van der Waals surface area contributed by atoms with Gasteiger partial charge in [-0.3, -0.25) is 4.90 Å². The lowest BCUT2D eigenvalue weighted by Crippen LogP contribution is -2.39. The summed E-state index contributed by atoms with van der Waals surface area (Å²) in [5.74, 6) is 2.66. The summed E-state index contributed by atoms with van der Waals surface area (Å²) in [6.07, 6.45) is 5.98. The molecule has 1 aliphatic rings. The van der Waals surface area contributed by atoms with E-state index in [1.165, 1.54) is 0 Å². The highest BCUT2D eigenvalue weighted by molar-refractivity contribution is 5.69. The highest BCUT2D eigenvalue weighted by Gasteiger charge is 2.40. The molecule has 1 rings (SSSR count). The molecule has 0 N–H and O–H groups in total. The van der Waals surface area contributed by atoms with Crippen molar-refractivity contribution in [2.45, 2.75) is 52.7 Å². The van der Waals surface area contributed by atoms with Crippen LogP contribution in [0.4, 0.5) is 4.79 Å². The lowest BCUT2D eigenvalue weighted by Gasteiger charge is -2.27. The molecule has 0 saturated carbocycles. The number of terminal acetylenes is 1. The number of carbonyl (C=O) groups is 1. The second-order valence-electron chi connectivity index (χ2n) is 6.16. The van der Waals surface area contributed by atoms with E-state index < -0.39 is 5.60 Å². The van der Waals surface area contributed by atoms with Crippen LogP contribution < -0.4 is 0 Å². The minimum atomic E-state index is -0.469. The van der Waals surface area contributed by atoms with E-state index in [4.69, 9.17) is 11.2 Å². The maximum atomic E-state index is 11.9. The van der Waals surface area contributed by atoms with E-state index in [1.54, 1.807) is 4.90 Å². The van der Waals surface area contributed by atoms with Crippen LogP contribution in [0.2, 0.25) is 0 Å². The van der Waals surface area contributed by atoms with Crippen LogP contribution in [0.15, 0.2) is 0 Å². The molecule has 0 aliphatic carbocycles. The largest absolute Gasteiger partial charge is 0.444 e. The highest BCUT2D eigenvalue weighted by Crippen LogP contribution is 2.34. The van der Waals surface area contributed by atoms with Crippen molar-refractivity contribution in [2.24, 2.45) is 5.41 Å². The summed E-state index contributed by atoms with van der Waals surface area (Å²) in [5.41, 5.74) is -0.392. The Kier molecular flexibility index (Phi) is 3.23. The third-order valence-corrected chi connectivity index (χ3v) is 2.54. The van der Waals surface area contributed by atoms with Crippen LogP contribution in [0.3, 0.4) is 0 Å². The van der Waals surface area contributed by atoms with Gasteiger partial charge in [-0.15, -0.1) is 6.42 Å². The molecule has 1 heterocycles. The van der Waals surface area contributed by atoms with Gasteiger partial charge in [0.1, 0.15) is 5.60 Å². The average molecular weight is 223 g/mol. The molecule has 0 unspecified atom stereocenters. The minimum Gasteiger partial charge on any atom is -0.444 e. The van der Waals surface area contributed by atoms with Crippen molar-refractivity contribution < 1.29 is 9.53 Å². The summed E-state index contributed by atoms with van der Waals surface area (Å²) >= 11 is 0. The fourth-order valence-electron chi connectivity index (χ4n) is 1.93. The van der Waals surface area contributed by atoms with Gasteiger partial charge >= 0.3 is 6.09 Å². The van der Waals surface area contributed by atoms with Crippen molar-refractivity contribution in [3.63, 3.8) is 0 Å². The Hall–Kier alpha value is -1.17. The van der Waals surface area contributed by atoms with Crippen molar-refractivity contribution in [2.75, 3.05) is 6.54 Å². The Morgan fingerprint density at radius 1 is 1.50 bits per heavy atom. The molecule has 0 radical (unpaired) electrons. The van der Waals surface area contributed by atoms with Gasteiger partial charge in [-0.05, 0) is 32.6 Å². The average Bonchev–Trinajstić information content (AvgIpc) is 2.38. The molecule has 0 bridgehead atoms. The molecule has 1 aliphatic heterocycles. The topological polar surface area (TPSA) is 29.5 Å². The summed E-state index contributed by atoms with van der Waals surface area (Å²) in [6, 6.07) is -0.134. The lowest BCUT2D eigenvalue weighted by atomic mass is 9.91. The third-order valence-electron chi connectivity index (χ3n) is 2.54. The zero-order valence-corrected chi connectivity index (χ0v) is 10.8. The van der Waals surface area contributed by atoms with Crippen LogP contribution in [0.25, 0.3) is 0 Å². The quantitative estimate of drug-likeness (QED) is 0.591. The Bertz CT molecular complexity index is 320. The van der Waals surface area contributed by atoms with Crippen LogP contribution in [0.5, 0.6) is 0 Å². The van der Waals surface area contributed by atoms with E-state index in [-0.39, 0.29) is 17.6 Å². The van der Waals surface area contributed by atoms with Crippen molar-refractivity contribution in [1.82, 2.24) is 4.90 Å². The summed E-state index contributed by atoms with van der Waals surface area (Å²) in [6.45, 7) is 10.5. The number of amides is 1. The van der Waals surface area contributed by atoms with Crippen LogP contribution in [0.1, 0.15) is 41.0 Å². The Balaban J connectivity index is 2.74. The van der Waals surface area contributed by atoms with Crippen molar-refractivity contribution in [3.05, 3.63) is 0 Å². The molecule has 0 aromatic heterocycles. The molecule has 3 heteroatoms. The number of hydrogen-bond acceptors (Lipinski definition) is 2. The molecule has 1 fully saturated rings. The third kappa shape index (κ3) is 3.16. The van der Waals surface area contributed by atoms with Gasteiger partial charge in [-0.1, -0.05) is 19.8 Å². The van der Waals surface area contributed by atoms with Crippen molar-refractivity contribution in [3.8, 4) is 12.3 Å². The number of ether oxygens (including phenoxy) is 1. The maximum Gasteiger partial charge on any atom is 0.411 e. The number of likely N-dealkylation sites (tertiary alicyclic amines) is 1. The number of hydrogen-bond donors (Lipinski definition) is 0. The SMILES string of the molecule is C#C[C@H]1CC(C)(C)CN1C(=O)OC(C)(C)C. The van der Waals surface area contributed by atoms with Crippen LogP contribution in [-0.2, 0) is 4.74 Å². The molecule has 0 aromatic rings. The minimum absolute atomic E-state index is 0.0773. The standard InChI is InChI=1S/C13H21NO2/c1-7-10-8-13(5,6)9-14(10)11(15)16-12(2,3)4/h1,10H,8-9H2,2-6H3/t10-/m0/s1. The van der Waals surface area contributed by atoms with E-state index >= 15 is 0 Å². The monoisotopic (exact) mass is 223 g/mol. The van der Waals surface area contributed by atoms with Crippen LogP contribution >= 0.6 is 0 Å². The summed E-state index contributed by atoms with van der Waals surface area (Å²) in [5, 5.41) is 0. The van der Waals surface area contributed by atoms with E-state index in [1.807, 2.05) is 20.8 Å². The van der Waals surface area contributed by atoms with Crippen LogP contribution in [-0.4, -0.2) is 29.2 Å². The molecule has 1 saturated heterocycles. The van der Waals surface area contributed by atoms with Gasteiger partial charge in [0.2, 0.25) is 0 Å². The number of nitrogens with zero attached hydrogens (tertiary/aromatic N) is 1. The Morgan fingerprint density at radius 2 is 2.06 bits per heavy atom.